The van der Waals surface area contributed by atoms with E-state index in [4.69, 9.17) is 26.7 Å². The molecule has 3 aromatic carbocycles. The van der Waals surface area contributed by atoms with Gasteiger partial charge in [-0.15, -0.1) is 0 Å². The lowest BCUT2D eigenvalue weighted by atomic mass is 10.1. The van der Waals surface area contributed by atoms with Crippen LogP contribution in [0, 0.1) is 18.3 Å². The van der Waals surface area contributed by atoms with Gasteiger partial charge in [0.15, 0.2) is 5.82 Å². The Morgan fingerprint density at radius 1 is 0.974 bits per heavy atom. The quantitative estimate of drug-likeness (QED) is 0.316. The molecule has 0 saturated carbocycles. The lowest BCUT2D eigenvalue weighted by Crippen LogP contribution is -2.50. The number of ether oxygens (including phenoxy) is 1. The Balaban J connectivity index is 1.26. The molecule has 1 amide bonds. The van der Waals surface area contributed by atoms with E-state index in [0.29, 0.717) is 49.2 Å². The average molecular weight is 526 g/mol. The molecule has 0 radical (unpaired) electrons. The molecule has 2 heterocycles. The second-order valence-corrected chi connectivity index (χ2v) is 9.83. The van der Waals surface area contributed by atoms with Crippen molar-refractivity contribution < 1.29 is 9.53 Å². The summed E-state index contributed by atoms with van der Waals surface area (Å²) in [5, 5.41) is 14.5. The summed E-state index contributed by atoms with van der Waals surface area (Å²) in [5.41, 5.74) is 4.60. The summed E-state index contributed by atoms with van der Waals surface area (Å²) in [4.78, 5) is 16.9. The van der Waals surface area contributed by atoms with Crippen molar-refractivity contribution >= 4 is 23.3 Å². The summed E-state index contributed by atoms with van der Waals surface area (Å²) < 4.78 is 8.00. The minimum atomic E-state index is 0.00646. The summed E-state index contributed by atoms with van der Waals surface area (Å²) in [7, 11) is 0. The maximum Gasteiger partial charge on any atom is 0.242 e. The van der Waals surface area contributed by atoms with E-state index in [9.17, 15) is 4.79 Å². The van der Waals surface area contributed by atoms with Crippen molar-refractivity contribution in [3.63, 3.8) is 0 Å². The van der Waals surface area contributed by atoms with Crippen LogP contribution < -0.4 is 9.64 Å². The van der Waals surface area contributed by atoms with Crippen LogP contribution in [0.1, 0.15) is 27.9 Å². The molecule has 1 fully saturated rings. The third kappa shape index (κ3) is 6.05. The van der Waals surface area contributed by atoms with Gasteiger partial charge in [0.1, 0.15) is 12.4 Å². The molecule has 1 aromatic heterocycles. The van der Waals surface area contributed by atoms with Gasteiger partial charge in [0.2, 0.25) is 5.91 Å². The van der Waals surface area contributed by atoms with Gasteiger partial charge in [0.25, 0.3) is 0 Å². The van der Waals surface area contributed by atoms with Crippen LogP contribution in [0.3, 0.4) is 0 Å². The topological polar surface area (TPSA) is 74.4 Å². The van der Waals surface area contributed by atoms with Crippen molar-refractivity contribution in [3.05, 3.63) is 112 Å². The Kier molecular flexibility index (Phi) is 7.73. The fourth-order valence-electron chi connectivity index (χ4n) is 4.59. The van der Waals surface area contributed by atoms with Crippen LogP contribution >= 0.6 is 11.6 Å². The molecule has 0 bridgehead atoms. The minimum absolute atomic E-state index is 0.00646. The Hall–Kier alpha value is -4.12. The highest BCUT2D eigenvalue weighted by molar-refractivity contribution is 6.30. The summed E-state index contributed by atoms with van der Waals surface area (Å²) in [6.07, 6.45) is 0. The van der Waals surface area contributed by atoms with Gasteiger partial charge in [0.05, 0.1) is 24.7 Å². The van der Waals surface area contributed by atoms with Crippen LogP contribution in [0.2, 0.25) is 5.02 Å². The number of amides is 1. The standard InChI is InChI=1S/C30H28ClN5O2/c1-22-14-29(35-13-12-34(20-30(35)37)18-25-9-5-8-24(15-25)17-32)33-36(22)19-26-16-27(31)10-11-28(26)38-21-23-6-3-2-4-7-23/h2-11,14-16H,12-13,18-21H2,1H3. The first-order valence-corrected chi connectivity index (χ1v) is 12.9. The molecule has 0 spiro atoms. The molecule has 7 nitrogen and oxygen atoms in total. The van der Waals surface area contributed by atoms with E-state index in [1.807, 2.05) is 84.4 Å². The number of benzene rings is 3. The minimum Gasteiger partial charge on any atom is -0.489 e. The number of aromatic nitrogens is 2. The molecule has 192 valence electrons. The number of piperazine rings is 1. The van der Waals surface area contributed by atoms with E-state index in [-0.39, 0.29) is 5.91 Å². The number of aryl methyl sites for hydroxylation is 1. The lowest BCUT2D eigenvalue weighted by molar-refractivity contribution is -0.121. The van der Waals surface area contributed by atoms with Gasteiger partial charge in [-0.05, 0) is 48.4 Å². The van der Waals surface area contributed by atoms with Crippen LogP contribution in [-0.2, 0) is 24.5 Å². The summed E-state index contributed by atoms with van der Waals surface area (Å²) >= 11 is 6.32. The first-order valence-electron chi connectivity index (χ1n) is 12.5. The molecular weight excluding hydrogens is 498 g/mol. The van der Waals surface area contributed by atoms with E-state index >= 15 is 0 Å². The van der Waals surface area contributed by atoms with E-state index in [1.165, 1.54) is 0 Å². The maximum atomic E-state index is 13.1. The van der Waals surface area contributed by atoms with Crippen LogP contribution in [0.4, 0.5) is 5.82 Å². The van der Waals surface area contributed by atoms with E-state index < -0.39 is 0 Å². The fraction of sp³-hybridized carbons (Fsp3) is 0.233. The SMILES string of the molecule is Cc1cc(N2CCN(Cc3cccc(C#N)c3)CC2=O)nn1Cc1cc(Cl)ccc1OCc1ccccc1. The van der Waals surface area contributed by atoms with Gasteiger partial charge in [-0.3, -0.25) is 19.3 Å². The highest BCUT2D eigenvalue weighted by Gasteiger charge is 2.27. The van der Waals surface area contributed by atoms with Gasteiger partial charge in [-0.25, -0.2) is 0 Å². The fourth-order valence-corrected chi connectivity index (χ4v) is 4.79. The first-order chi connectivity index (χ1) is 18.5. The average Bonchev–Trinajstić information content (AvgIpc) is 3.28. The monoisotopic (exact) mass is 525 g/mol. The molecule has 1 aliphatic heterocycles. The number of rotatable bonds is 8. The van der Waals surface area contributed by atoms with Crippen molar-refractivity contribution in [1.29, 1.82) is 5.26 Å². The van der Waals surface area contributed by atoms with Crippen molar-refractivity contribution in [3.8, 4) is 11.8 Å². The van der Waals surface area contributed by atoms with E-state index in [1.54, 1.807) is 11.0 Å². The third-order valence-corrected chi connectivity index (χ3v) is 6.82. The third-order valence-electron chi connectivity index (χ3n) is 6.59. The molecule has 0 unspecified atom stereocenters. The molecule has 0 N–H and O–H groups in total. The Morgan fingerprint density at radius 2 is 1.79 bits per heavy atom. The lowest BCUT2D eigenvalue weighted by Gasteiger charge is -2.33. The zero-order chi connectivity index (χ0) is 26.5. The van der Waals surface area contributed by atoms with Gasteiger partial charge in [-0.2, -0.15) is 10.4 Å². The van der Waals surface area contributed by atoms with Gasteiger partial charge in [-0.1, -0.05) is 54.1 Å². The molecule has 0 aliphatic carbocycles. The van der Waals surface area contributed by atoms with Crippen molar-refractivity contribution in [1.82, 2.24) is 14.7 Å². The van der Waals surface area contributed by atoms with E-state index in [2.05, 4.69) is 11.0 Å². The summed E-state index contributed by atoms with van der Waals surface area (Å²) in [6.45, 7) is 5.11. The molecule has 38 heavy (non-hydrogen) atoms. The Labute approximate surface area is 227 Å². The Bertz CT molecular complexity index is 1480. The first kappa shape index (κ1) is 25.5. The van der Waals surface area contributed by atoms with Crippen molar-refractivity contribution in [2.24, 2.45) is 0 Å². The molecule has 8 heteroatoms. The molecular formula is C30H28ClN5O2. The van der Waals surface area contributed by atoms with Gasteiger partial charge >= 0.3 is 0 Å². The molecule has 1 saturated heterocycles. The number of carbonyl (C=O) groups is 1. The van der Waals surface area contributed by atoms with Gasteiger partial charge < -0.3 is 4.74 Å². The smallest absolute Gasteiger partial charge is 0.242 e. The van der Waals surface area contributed by atoms with E-state index in [0.717, 1.165) is 34.7 Å². The largest absolute Gasteiger partial charge is 0.489 e. The number of anilines is 1. The molecule has 5 rings (SSSR count). The maximum absolute atomic E-state index is 13.1. The normalized spacial score (nSPS) is 13.9. The number of carbonyl (C=O) groups excluding carboxylic acids is 1. The zero-order valence-electron chi connectivity index (χ0n) is 21.2. The molecule has 4 aromatic rings. The second kappa shape index (κ2) is 11.5. The van der Waals surface area contributed by atoms with Crippen molar-refractivity contribution in [2.45, 2.75) is 26.6 Å². The van der Waals surface area contributed by atoms with Crippen LogP contribution in [0.25, 0.3) is 0 Å². The molecule has 1 aliphatic rings. The molecule has 0 atom stereocenters. The van der Waals surface area contributed by atoms with Gasteiger partial charge in [0, 0.05) is 42.0 Å². The van der Waals surface area contributed by atoms with Crippen LogP contribution in [-0.4, -0.2) is 40.2 Å². The summed E-state index contributed by atoms with van der Waals surface area (Å²) in [6, 6.07) is 27.2. The number of hydrogen-bond acceptors (Lipinski definition) is 5. The second-order valence-electron chi connectivity index (χ2n) is 9.40. The number of nitrogens with zero attached hydrogens (tertiary/aromatic N) is 5. The zero-order valence-corrected chi connectivity index (χ0v) is 21.9. The predicted molar refractivity (Wildman–Crippen MR) is 147 cm³/mol. The summed E-state index contributed by atoms with van der Waals surface area (Å²) in [5.74, 6) is 1.40. The Morgan fingerprint density at radius 3 is 2.58 bits per heavy atom. The number of hydrogen-bond donors (Lipinski definition) is 0. The predicted octanol–water partition coefficient (Wildman–Crippen LogP) is 5.19. The van der Waals surface area contributed by atoms with Crippen molar-refractivity contribution in [2.75, 3.05) is 24.5 Å². The highest BCUT2D eigenvalue weighted by atomic mass is 35.5. The number of nitriles is 1. The van der Waals surface area contributed by atoms with Crippen LogP contribution in [0.15, 0.2) is 78.9 Å². The van der Waals surface area contributed by atoms with Crippen LogP contribution in [0.5, 0.6) is 5.75 Å². The number of halogens is 1. The highest BCUT2D eigenvalue weighted by Crippen LogP contribution is 2.26.